The van der Waals surface area contributed by atoms with Crippen molar-refractivity contribution in [2.75, 3.05) is 13.7 Å². The average Bonchev–Trinajstić information content (AvgIpc) is 3.43. The molecule has 2 aromatic rings. The number of hydrogen-bond acceptors (Lipinski definition) is 4. The molecule has 1 saturated carbocycles. The van der Waals surface area contributed by atoms with Crippen molar-refractivity contribution in [1.29, 1.82) is 0 Å². The molecule has 0 saturated heterocycles. The predicted molar refractivity (Wildman–Crippen MR) is 99.5 cm³/mol. The van der Waals surface area contributed by atoms with Gasteiger partial charge >= 0.3 is 5.97 Å². The third kappa shape index (κ3) is 4.27. The highest BCUT2D eigenvalue weighted by Gasteiger charge is 2.26. The summed E-state index contributed by atoms with van der Waals surface area (Å²) in [4.78, 5) is 24.0. The van der Waals surface area contributed by atoms with Gasteiger partial charge in [-0.25, -0.2) is 9.18 Å². The monoisotopic (exact) mass is 371 g/mol. The van der Waals surface area contributed by atoms with Crippen LogP contribution in [-0.2, 0) is 9.53 Å². The second-order valence-electron chi connectivity index (χ2n) is 6.64. The van der Waals surface area contributed by atoms with Gasteiger partial charge in [-0.15, -0.1) is 0 Å². The zero-order valence-electron chi connectivity index (χ0n) is 15.6. The summed E-state index contributed by atoms with van der Waals surface area (Å²) in [6.45, 7) is 3.63. The minimum absolute atomic E-state index is 0.0512. The fourth-order valence-corrected chi connectivity index (χ4v) is 3.13. The highest BCUT2D eigenvalue weighted by atomic mass is 19.1. The van der Waals surface area contributed by atoms with Crippen LogP contribution in [-0.4, -0.2) is 30.0 Å². The Labute approximate surface area is 157 Å². The van der Waals surface area contributed by atoms with E-state index < -0.39 is 24.2 Å². The first-order chi connectivity index (χ1) is 12.9. The van der Waals surface area contributed by atoms with Gasteiger partial charge in [0, 0.05) is 29.1 Å². The molecule has 1 aliphatic carbocycles. The van der Waals surface area contributed by atoms with Crippen molar-refractivity contribution in [2.45, 2.75) is 32.7 Å². The summed E-state index contributed by atoms with van der Waals surface area (Å²) >= 11 is 0. The minimum atomic E-state index is -0.638. The fourth-order valence-electron chi connectivity index (χ4n) is 3.13. The van der Waals surface area contributed by atoms with Gasteiger partial charge in [0.2, 0.25) is 0 Å². The molecule has 1 aromatic carbocycles. The van der Waals surface area contributed by atoms with E-state index >= 15 is 0 Å². The van der Waals surface area contributed by atoms with E-state index in [1.54, 1.807) is 6.08 Å². The Morgan fingerprint density at radius 2 is 2.00 bits per heavy atom. The lowest BCUT2D eigenvalue weighted by Crippen LogP contribution is -2.12. The number of hydrogen-bond donors (Lipinski definition) is 0. The fraction of sp³-hybridized carbons (Fsp3) is 0.333. The summed E-state index contributed by atoms with van der Waals surface area (Å²) in [5.74, 6) is -1.69. The lowest BCUT2D eigenvalue weighted by molar-refractivity contribution is -0.136. The zero-order chi connectivity index (χ0) is 19.6. The van der Waals surface area contributed by atoms with Crippen LogP contribution in [0.15, 0.2) is 30.3 Å². The number of aromatic nitrogens is 1. The molecule has 1 aliphatic rings. The molecule has 6 heteroatoms. The van der Waals surface area contributed by atoms with E-state index in [2.05, 4.69) is 4.57 Å². The number of rotatable bonds is 7. The average molecular weight is 371 g/mol. The number of Topliss-reactive ketones (excluding diaryl/α,β-unsaturated/α-hetero) is 1. The molecule has 0 bridgehead atoms. The van der Waals surface area contributed by atoms with Gasteiger partial charge in [-0.1, -0.05) is 0 Å². The van der Waals surface area contributed by atoms with E-state index in [1.807, 2.05) is 19.9 Å². The van der Waals surface area contributed by atoms with Gasteiger partial charge in [-0.05, 0) is 62.6 Å². The quantitative estimate of drug-likeness (QED) is 0.419. The van der Waals surface area contributed by atoms with Crippen molar-refractivity contribution in [3.05, 3.63) is 58.7 Å². The summed E-state index contributed by atoms with van der Waals surface area (Å²) in [6.07, 6.45) is 5.38. The smallest absolute Gasteiger partial charge is 0.331 e. The van der Waals surface area contributed by atoms with Gasteiger partial charge in [0.05, 0.1) is 7.11 Å². The van der Waals surface area contributed by atoms with E-state index in [0.717, 1.165) is 17.3 Å². The van der Waals surface area contributed by atoms with Crippen molar-refractivity contribution in [2.24, 2.45) is 0 Å². The number of methoxy groups -OCH3 is 1. The number of esters is 1. The summed E-state index contributed by atoms with van der Waals surface area (Å²) in [5, 5.41) is 0. The number of carbonyl (C=O) groups is 2. The summed E-state index contributed by atoms with van der Waals surface area (Å²) in [6, 6.07) is 6.46. The molecule has 3 rings (SSSR count). The predicted octanol–water partition coefficient (Wildman–Crippen LogP) is 4.03. The number of benzene rings is 1. The second-order valence-corrected chi connectivity index (χ2v) is 6.64. The van der Waals surface area contributed by atoms with Crippen LogP contribution in [0.25, 0.3) is 6.08 Å². The maximum atomic E-state index is 13.7. The molecule has 0 N–H and O–H groups in total. The largest absolute Gasteiger partial charge is 0.494 e. The first-order valence-electron chi connectivity index (χ1n) is 8.80. The zero-order valence-corrected chi connectivity index (χ0v) is 15.6. The molecule has 0 radical (unpaired) electrons. The van der Waals surface area contributed by atoms with E-state index in [-0.39, 0.29) is 11.3 Å². The SMILES string of the molecule is COc1ccc(C(=O)COC(=O)/C=C/c2cc(C)n(C3CC3)c2C)cc1F. The topological polar surface area (TPSA) is 57.5 Å². The van der Waals surface area contributed by atoms with E-state index in [4.69, 9.17) is 9.47 Å². The lowest BCUT2D eigenvalue weighted by atomic mass is 10.1. The van der Waals surface area contributed by atoms with Gasteiger partial charge < -0.3 is 14.0 Å². The number of halogens is 1. The van der Waals surface area contributed by atoms with Crippen LogP contribution in [0.4, 0.5) is 4.39 Å². The molecule has 0 atom stereocenters. The van der Waals surface area contributed by atoms with Crippen molar-refractivity contribution in [3.8, 4) is 5.75 Å². The van der Waals surface area contributed by atoms with Gasteiger partial charge in [0.25, 0.3) is 0 Å². The maximum Gasteiger partial charge on any atom is 0.331 e. The molecule has 0 amide bonds. The van der Waals surface area contributed by atoms with Crippen LogP contribution in [0.1, 0.15) is 46.2 Å². The molecule has 0 unspecified atom stereocenters. The molecular formula is C21H22FNO4. The van der Waals surface area contributed by atoms with Crippen molar-refractivity contribution in [1.82, 2.24) is 4.57 Å². The Balaban J connectivity index is 1.58. The second kappa shape index (κ2) is 7.78. The van der Waals surface area contributed by atoms with E-state index in [1.165, 1.54) is 43.9 Å². The third-order valence-electron chi connectivity index (χ3n) is 4.65. The first-order valence-corrected chi connectivity index (χ1v) is 8.80. The number of aryl methyl sites for hydroxylation is 1. The summed E-state index contributed by atoms with van der Waals surface area (Å²) in [5.41, 5.74) is 3.36. The normalized spacial score (nSPS) is 13.8. The maximum absolute atomic E-state index is 13.7. The van der Waals surface area contributed by atoms with Gasteiger partial charge in [-0.2, -0.15) is 0 Å². The molecule has 0 aliphatic heterocycles. The molecule has 142 valence electrons. The number of nitrogens with zero attached hydrogens (tertiary/aromatic N) is 1. The van der Waals surface area contributed by atoms with Crippen LogP contribution >= 0.6 is 0 Å². The molecule has 1 heterocycles. The van der Waals surface area contributed by atoms with Crippen molar-refractivity contribution < 1.29 is 23.5 Å². The number of ketones is 1. The lowest BCUT2D eigenvalue weighted by Gasteiger charge is -2.06. The van der Waals surface area contributed by atoms with Crippen LogP contribution in [0, 0.1) is 19.7 Å². The van der Waals surface area contributed by atoms with Gasteiger partial charge in [0.15, 0.2) is 24.0 Å². The van der Waals surface area contributed by atoms with Gasteiger partial charge in [-0.3, -0.25) is 4.79 Å². The Kier molecular flexibility index (Phi) is 5.44. The van der Waals surface area contributed by atoms with Crippen molar-refractivity contribution >= 4 is 17.8 Å². The summed E-state index contributed by atoms with van der Waals surface area (Å²) < 4.78 is 25.7. The molecule has 1 fully saturated rings. The summed E-state index contributed by atoms with van der Waals surface area (Å²) in [7, 11) is 1.34. The third-order valence-corrected chi connectivity index (χ3v) is 4.65. The van der Waals surface area contributed by atoms with E-state index in [9.17, 15) is 14.0 Å². The highest BCUT2D eigenvalue weighted by molar-refractivity contribution is 5.99. The first kappa shape index (κ1) is 18.9. The van der Waals surface area contributed by atoms with Crippen molar-refractivity contribution in [3.63, 3.8) is 0 Å². The van der Waals surface area contributed by atoms with Gasteiger partial charge in [0.1, 0.15) is 0 Å². The van der Waals surface area contributed by atoms with Crippen LogP contribution in [0.3, 0.4) is 0 Å². The molecule has 5 nitrogen and oxygen atoms in total. The molecular weight excluding hydrogens is 349 g/mol. The number of carbonyl (C=O) groups excluding carboxylic acids is 2. The number of ether oxygens (including phenoxy) is 2. The Hall–Kier alpha value is -2.89. The Morgan fingerprint density at radius 1 is 1.26 bits per heavy atom. The van der Waals surface area contributed by atoms with Crippen LogP contribution in [0.5, 0.6) is 5.75 Å². The molecule has 0 spiro atoms. The Morgan fingerprint density at radius 3 is 2.63 bits per heavy atom. The molecule has 1 aromatic heterocycles. The molecule has 27 heavy (non-hydrogen) atoms. The van der Waals surface area contributed by atoms with E-state index in [0.29, 0.717) is 6.04 Å². The van der Waals surface area contributed by atoms with Crippen LogP contribution < -0.4 is 4.74 Å². The minimum Gasteiger partial charge on any atom is -0.494 e. The van der Waals surface area contributed by atoms with Crippen LogP contribution in [0.2, 0.25) is 0 Å². The highest BCUT2D eigenvalue weighted by Crippen LogP contribution is 2.38. The Bertz CT molecular complexity index is 909. The standard InChI is InChI=1S/C21H22FNO4/c1-13-10-15(14(2)23(13)17-6-7-17)5-9-21(25)27-12-19(24)16-4-8-20(26-3)18(22)11-16/h4-5,8-11,17H,6-7,12H2,1-3H3/b9-5+.